The molecule has 162 valence electrons. The second kappa shape index (κ2) is 8.63. The van der Waals surface area contributed by atoms with Crippen LogP contribution in [0.15, 0.2) is 101 Å². The molecule has 0 saturated carbocycles. The number of hydrazone groups is 1. The van der Waals surface area contributed by atoms with Crippen LogP contribution in [0.2, 0.25) is 0 Å². The third kappa shape index (κ3) is 3.85. The number of hydrogen-bond donors (Lipinski definition) is 1. The average Bonchev–Trinajstić information content (AvgIpc) is 3.36. The van der Waals surface area contributed by atoms with E-state index < -0.39 is 0 Å². The summed E-state index contributed by atoms with van der Waals surface area (Å²) in [5, 5.41) is 5.38. The van der Waals surface area contributed by atoms with Crippen LogP contribution in [0.3, 0.4) is 0 Å². The summed E-state index contributed by atoms with van der Waals surface area (Å²) in [5.74, 6) is 0.971. The van der Waals surface area contributed by atoms with E-state index in [0.717, 1.165) is 33.4 Å². The molecule has 5 rings (SSSR count). The zero-order valence-corrected chi connectivity index (χ0v) is 18.4. The standard InChI is InChI=1S/C28H23N3O2/c1-19-17-24(20(2)33-19)28(32)30-29-18-25-23-15-9-10-16-26(23)31(22-13-7-4-8-14-22)27(25)21-11-5-3-6-12-21/h3-18H,1-2H3,(H,30,32)/b29-18+. The van der Waals surface area contributed by atoms with Gasteiger partial charge >= 0.3 is 0 Å². The van der Waals surface area contributed by atoms with E-state index >= 15 is 0 Å². The van der Waals surface area contributed by atoms with Crippen LogP contribution >= 0.6 is 0 Å². The Labute approximate surface area is 192 Å². The molecule has 0 aliphatic rings. The van der Waals surface area contributed by atoms with Gasteiger partial charge in [0.05, 0.1) is 23.0 Å². The van der Waals surface area contributed by atoms with Crippen molar-refractivity contribution in [2.45, 2.75) is 13.8 Å². The third-order valence-electron chi connectivity index (χ3n) is 5.62. The number of fused-ring (bicyclic) bond motifs is 1. The Morgan fingerprint density at radius 2 is 1.58 bits per heavy atom. The number of carbonyl (C=O) groups is 1. The molecule has 0 radical (unpaired) electrons. The minimum atomic E-state index is -0.298. The molecule has 33 heavy (non-hydrogen) atoms. The molecule has 2 aromatic heterocycles. The monoisotopic (exact) mass is 433 g/mol. The Hall–Kier alpha value is -4.38. The lowest BCUT2D eigenvalue weighted by molar-refractivity contribution is 0.0953. The van der Waals surface area contributed by atoms with Gasteiger partial charge in [-0.05, 0) is 43.7 Å². The van der Waals surface area contributed by atoms with Crippen molar-refractivity contribution in [2.75, 3.05) is 0 Å². The summed E-state index contributed by atoms with van der Waals surface area (Å²) in [7, 11) is 0. The number of nitrogens with zero attached hydrogens (tertiary/aromatic N) is 2. The number of nitrogens with one attached hydrogen (secondary N) is 1. The lowest BCUT2D eigenvalue weighted by Gasteiger charge is -2.12. The molecule has 5 heteroatoms. The molecular weight excluding hydrogens is 410 g/mol. The number of amides is 1. The summed E-state index contributed by atoms with van der Waals surface area (Å²) >= 11 is 0. The zero-order valence-electron chi connectivity index (χ0n) is 18.4. The molecule has 3 aromatic carbocycles. The van der Waals surface area contributed by atoms with Crippen molar-refractivity contribution >= 4 is 23.0 Å². The molecule has 0 bridgehead atoms. The summed E-state index contributed by atoms with van der Waals surface area (Å²) in [6.07, 6.45) is 1.73. The Balaban J connectivity index is 1.65. The van der Waals surface area contributed by atoms with Gasteiger partial charge in [-0.2, -0.15) is 5.10 Å². The van der Waals surface area contributed by atoms with Gasteiger partial charge in [0.15, 0.2) is 0 Å². The predicted molar refractivity (Wildman–Crippen MR) is 132 cm³/mol. The normalized spacial score (nSPS) is 11.3. The molecule has 0 aliphatic carbocycles. The lowest BCUT2D eigenvalue weighted by atomic mass is 10.1. The summed E-state index contributed by atoms with van der Waals surface area (Å²) < 4.78 is 7.70. The molecule has 2 heterocycles. The van der Waals surface area contributed by atoms with Crippen LogP contribution < -0.4 is 5.43 Å². The average molecular weight is 434 g/mol. The first kappa shape index (κ1) is 20.5. The van der Waals surface area contributed by atoms with E-state index in [9.17, 15) is 4.79 Å². The highest BCUT2D eigenvalue weighted by molar-refractivity contribution is 6.08. The van der Waals surface area contributed by atoms with E-state index in [1.165, 1.54) is 0 Å². The Morgan fingerprint density at radius 1 is 0.909 bits per heavy atom. The number of para-hydroxylation sites is 2. The Morgan fingerprint density at radius 3 is 2.27 bits per heavy atom. The van der Waals surface area contributed by atoms with Crippen molar-refractivity contribution in [3.8, 4) is 16.9 Å². The van der Waals surface area contributed by atoms with Gasteiger partial charge in [-0.25, -0.2) is 5.43 Å². The zero-order chi connectivity index (χ0) is 22.8. The smallest absolute Gasteiger partial charge is 0.274 e. The van der Waals surface area contributed by atoms with E-state index in [0.29, 0.717) is 17.1 Å². The van der Waals surface area contributed by atoms with Crippen LogP contribution in [-0.2, 0) is 0 Å². The molecular formula is C28H23N3O2. The van der Waals surface area contributed by atoms with Crippen LogP contribution in [0, 0.1) is 13.8 Å². The SMILES string of the molecule is Cc1cc(C(=O)N/N=C/c2c(-c3ccccc3)n(-c3ccccc3)c3ccccc23)c(C)o1. The van der Waals surface area contributed by atoms with Gasteiger partial charge in [0.1, 0.15) is 11.5 Å². The molecule has 0 spiro atoms. The highest BCUT2D eigenvalue weighted by Crippen LogP contribution is 2.35. The second-order valence-corrected chi connectivity index (χ2v) is 7.84. The topological polar surface area (TPSA) is 59.5 Å². The van der Waals surface area contributed by atoms with Crippen LogP contribution in [0.1, 0.15) is 27.4 Å². The number of benzene rings is 3. The fourth-order valence-corrected chi connectivity index (χ4v) is 4.19. The van der Waals surface area contributed by atoms with Gasteiger partial charge in [-0.3, -0.25) is 4.79 Å². The van der Waals surface area contributed by atoms with Crippen molar-refractivity contribution in [3.63, 3.8) is 0 Å². The highest BCUT2D eigenvalue weighted by Gasteiger charge is 2.19. The van der Waals surface area contributed by atoms with Gasteiger partial charge < -0.3 is 8.98 Å². The van der Waals surface area contributed by atoms with Crippen molar-refractivity contribution in [2.24, 2.45) is 5.10 Å². The maximum atomic E-state index is 12.6. The molecule has 0 fully saturated rings. The number of furan rings is 1. The number of aromatic nitrogens is 1. The van der Waals surface area contributed by atoms with Crippen molar-refractivity contribution in [3.05, 3.63) is 114 Å². The van der Waals surface area contributed by atoms with Crippen LogP contribution in [0.4, 0.5) is 0 Å². The number of aryl methyl sites for hydroxylation is 2. The van der Waals surface area contributed by atoms with Crippen molar-refractivity contribution in [1.29, 1.82) is 0 Å². The summed E-state index contributed by atoms with van der Waals surface area (Å²) in [5.41, 5.74) is 8.27. The second-order valence-electron chi connectivity index (χ2n) is 7.84. The summed E-state index contributed by atoms with van der Waals surface area (Å²) in [6, 6.07) is 30.4. The Bertz CT molecular complexity index is 1460. The molecule has 1 amide bonds. The largest absolute Gasteiger partial charge is 0.466 e. The van der Waals surface area contributed by atoms with E-state index in [1.54, 1.807) is 19.2 Å². The molecule has 0 atom stereocenters. The predicted octanol–water partition coefficient (Wildman–Crippen LogP) is 6.27. The fourth-order valence-electron chi connectivity index (χ4n) is 4.19. The summed E-state index contributed by atoms with van der Waals surface area (Å²) in [4.78, 5) is 12.6. The van der Waals surface area contributed by atoms with E-state index in [4.69, 9.17) is 4.42 Å². The van der Waals surface area contributed by atoms with Gasteiger partial charge in [0, 0.05) is 16.6 Å². The van der Waals surface area contributed by atoms with Crippen molar-refractivity contribution < 1.29 is 9.21 Å². The molecule has 5 nitrogen and oxygen atoms in total. The van der Waals surface area contributed by atoms with Crippen LogP contribution in [0.25, 0.3) is 27.8 Å². The van der Waals surface area contributed by atoms with Gasteiger partial charge in [0.2, 0.25) is 0 Å². The first-order chi connectivity index (χ1) is 16.1. The summed E-state index contributed by atoms with van der Waals surface area (Å²) in [6.45, 7) is 3.59. The minimum absolute atomic E-state index is 0.298. The molecule has 0 aliphatic heterocycles. The first-order valence-electron chi connectivity index (χ1n) is 10.8. The molecule has 5 aromatic rings. The van der Waals surface area contributed by atoms with Gasteiger partial charge in [0.25, 0.3) is 5.91 Å². The maximum Gasteiger partial charge on any atom is 0.274 e. The molecule has 0 saturated heterocycles. The quantitative estimate of drug-likeness (QED) is 0.262. The lowest BCUT2D eigenvalue weighted by Crippen LogP contribution is -2.17. The van der Waals surface area contributed by atoms with Crippen molar-refractivity contribution in [1.82, 2.24) is 9.99 Å². The number of hydrogen-bond acceptors (Lipinski definition) is 3. The fraction of sp³-hybridized carbons (Fsp3) is 0.0714. The first-order valence-corrected chi connectivity index (χ1v) is 10.8. The number of rotatable bonds is 5. The van der Waals surface area contributed by atoms with Crippen LogP contribution in [-0.4, -0.2) is 16.7 Å². The molecule has 0 unspecified atom stereocenters. The molecule has 1 N–H and O–H groups in total. The van der Waals surface area contributed by atoms with Gasteiger partial charge in [-0.15, -0.1) is 0 Å². The van der Waals surface area contributed by atoms with E-state index in [1.807, 2.05) is 55.5 Å². The number of carbonyl (C=O) groups excluding carboxylic acids is 1. The Kier molecular flexibility index (Phi) is 5.37. The minimum Gasteiger partial charge on any atom is -0.466 e. The highest BCUT2D eigenvalue weighted by atomic mass is 16.3. The third-order valence-corrected chi connectivity index (χ3v) is 5.62. The van der Waals surface area contributed by atoms with Gasteiger partial charge in [-0.1, -0.05) is 66.7 Å². The maximum absolute atomic E-state index is 12.6. The van der Waals surface area contributed by atoms with E-state index in [-0.39, 0.29) is 5.91 Å². The van der Waals surface area contributed by atoms with Crippen LogP contribution in [0.5, 0.6) is 0 Å². The van der Waals surface area contributed by atoms with E-state index in [2.05, 4.69) is 51.5 Å².